The Labute approximate surface area is 141 Å². The zero-order valence-electron chi connectivity index (χ0n) is 14.3. The maximum Gasteiger partial charge on any atom is 0.277 e. The standard InChI is InChI=1S/C18H23N3O3/c1-12(2)17-16(19-11-24-17)18(22)20-14-4-6-15(7-5-14)21-8-9-23-10-13(21)3/h4-7,11-13H,8-10H2,1-3H3,(H,20,22)/t13-/m1/s1. The van der Waals surface area contributed by atoms with Gasteiger partial charge in [-0.2, -0.15) is 0 Å². The predicted octanol–water partition coefficient (Wildman–Crippen LogP) is 3.28. The lowest BCUT2D eigenvalue weighted by Gasteiger charge is -2.35. The van der Waals surface area contributed by atoms with E-state index >= 15 is 0 Å². The number of rotatable bonds is 4. The predicted molar refractivity (Wildman–Crippen MR) is 92.6 cm³/mol. The van der Waals surface area contributed by atoms with Crippen LogP contribution in [0.5, 0.6) is 0 Å². The van der Waals surface area contributed by atoms with E-state index in [9.17, 15) is 4.79 Å². The summed E-state index contributed by atoms with van der Waals surface area (Å²) in [7, 11) is 0. The molecule has 1 amide bonds. The number of ether oxygens (including phenoxy) is 1. The summed E-state index contributed by atoms with van der Waals surface area (Å²) >= 11 is 0. The van der Waals surface area contributed by atoms with Gasteiger partial charge in [0.05, 0.1) is 13.2 Å². The number of morpholine rings is 1. The molecular formula is C18H23N3O3. The third-order valence-electron chi connectivity index (χ3n) is 4.16. The molecule has 1 aromatic carbocycles. The Hall–Kier alpha value is -2.34. The van der Waals surface area contributed by atoms with Gasteiger partial charge in [0.1, 0.15) is 5.76 Å². The van der Waals surface area contributed by atoms with Gasteiger partial charge in [-0.25, -0.2) is 4.98 Å². The number of nitrogens with zero attached hydrogens (tertiary/aromatic N) is 2. The number of oxazole rings is 1. The van der Waals surface area contributed by atoms with E-state index in [-0.39, 0.29) is 11.8 Å². The molecular weight excluding hydrogens is 306 g/mol. The zero-order valence-corrected chi connectivity index (χ0v) is 14.3. The number of carbonyl (C=O) groups is 1. The van der Waals surface area contributed by atoms with Crippen LogP contribution in [0.4, 0.5) is 11.4 Å². The molecule has 1 saturated heterocycles. The maximum absolute atomic E-state index is 12.4. The minimum Gasteiger partial charge on any atom is -0.447 e. The van der Waals surface area contributed by atoms with Crippen molar-refractivity contribution in [3.63, 3.8) is 0 Å². The number of aromatic nitrogens is 1. The van der Waals surface area contributed by atoms with Crippen molar-refractivity contribution in [3.8, 4) is 0 Å². The molecule has 1 aliphatic rings. The highest BCUT2D eigenvalue weighted by Crippen LogP contribution is 2.23. The Morgan fingerprint density at radius 3 is 2.75 bits per heavy atom. The van der Waals surface area contributed by atoms with Crippen LogP contribution >= 0.6 is 0 Å². The molecule has 0 bridgehead atoms. The molecule has 1 aromatic heterocycles. The van der Waals surface area contributed by atoms with Crippen molar-refractivity contribution < 1.29 is 13.9 Å². The van der Waals surface area contributed by atoms with Gasteiger partial charge in [-0.05, 0) is 31.2 Å². The van der Waals surface area contributed by atoms with E-state index in [0.29, 0.717) is 17.5 Å². The summed E-state index contributed by atoms with van der Waals surface area (Å²) in [4.78, 5) is 18.7. The fraction of sp³-hybridized carbons (Fsp3) is 0.444. The molecule has 6 nitrogen and oxygen atoms in total. The van der Waals surface area contributed by atoms with E-state index in [1.54, 1.807) is 0 Å². The first-order valence-electron chi connectivity index (χ1n) is 8.25. The highest BCUT2D eigenvalue weighted by atomic mass is 16.5. The summed E-state index contributed by atoms with van der Waals surface area (Å²) in [6.45, 7) is 8.44. The van der Waals surface area contributed by atoms with Crippen molar-refractivity contribution in [2.75, 3.05) is 30.0 Å². The smallest absolute Gasteiger partial charge is 0.277 e. The lowest BCUT2D eigenvalue weighted by molar-refractivity contribution is 0.0989. The second-order valence-corrected chi connectivity index (χ2v) is 6.34. The average molecular weight is 329 g/mol. The first-order chi connectivity index (χ1) is 11.6. The Morgan fingerprint density at radius 1 is 1.33 bits per heavy atom. The molecule has 0 aliphatic carbocycles. The molecule has 2 heterocycles. The van der Waals surface area contributed by atoms with Gasteiger partial charge in [0.2, 0.25) is 0 Å². The SMILES string of the molecule is CC(C)c1ocnc1C(=O)Nc1ccc(N2CCOC[C@H]2C)cc1. The van der Waals surface area contributed by atoms with Crippen molar-refractivity contribution in [3.05, 3.63) is 42.1 Å². The van der Waals surface area contributed by atoms with Crippen molar-refractivity contribution >= 4 is 17.3 Å². The lowest BCUT2D eigenvalue weighted by Crippen LogP contribution is -2.43. The highest BCUT2D eigenvalue weighted by molar-refractivity contribution is 6.03. The van der Waals surface area contributed by atoms with Crippen LogP contribution in [0.2, 0.25) is 0 Å². The number of carbonyl (C=O) groups excluding carboxylic acids is 1. The van der Waals surface area contributed by atoms with Crippen LogP contribution in [0, 0.1) is 0 Å². The number of hydrogen-bond acceptors (Lipinski definition) is 5. The molecule has 128 valence electrons. The molecule has 6 heteroatoms. The Kier molecular flexibility index (Phi) is 4.85. The molecule has 2 aromatic rings. The molecule has 1 atom stereocenters. The van der Waals surface area contributed by atoms with Gasteiger partial charge in [0.25, 0.3) is 5.91 Å². The topological polar surface area (TPSA) is 67.6 Å². The van der Waals surface area contributed by atoms with E-state index in [1.165, 1.54) is 6.39 Å². The summed E-state index contributed by atoms with van der Waals surface area (Å²) in [5.74, 6) is 0.463. The Bertz CT molecular complexity index is 694. The van der Waals surface area contributed by atoms with Gasteiger partial charge >= 0.3 is 0 Å². The number of nitrogens with one attached hydrogen (secondary N) is 1. The van der Waals surface area contributed by atoms with Gasteiger partial charge in [-0.3, -0.25) is 4.79 Å². The largest absolute Gasteiger partial charge is 0.447 e. The molecule has 0 saturated carbocycles. The number of anilines is 2. The van der Waals surface area contributed by atoms with Gasteiger partial charge in [-0.1, -0.05) is 13.8 Å². The van der Waals surface area contributed by atoms with Crippen LogP contribution in [0.25, 0.3) is 0 Å². The summed E-state index contributed by atoms with van der Waals surface area (Å²) < 4.78 is 10.8. The molecule has 0 radical (unpaired) electrons. The maximum atomic E-state index is 12.4. The van der Waals surface area contributed by atoms with Crippen LogP contribution < -0.4 is 10.2 Å². The second kappa shape index (κ2) is 7.05. The Balaban J connectivity index is 1.70. The monoisotopic (exact) mass is 329 g/mol. The second-order valence-electron chi connectivity index (χ2n) is 6.34. The summed E-state index contributed by atoms with van der Waals surface area (Å²) in [6, 6.07) is 8.20. The molecule has 1 N–H and O–H groups in total. The van der Waals surface area contributed by atoms with Crippen LogP contribution in [0.1, 0.15) is 42.9 Å². The van der Waals surface area contributed by atoms with E-state index in [1.807, 2.05) is 38.1 Å². The van der Waals surface area contributed by atoms with E-state index in [4.69, 9.17) is 9.15 Å². The van der Waals surface area contributed by atoms with Crippen LogP contribution in [0.15, 0.2) is 35.1 Å². The normalized spacial score (nSPS) is 18.0. The third kappa shape index (κ3) is 3.43. The van der Waals surface area contributed by atoms with Crippen molar-refractivity contribution in [1.82, 2.24) is 4.98 Å². The summed E-state index contributed by atoms with van der Waals surface area (Å²) in [5.41, 5.74) is 2.21. The number of hydrogen-bond donors (Lipinski definition) is 1. The molecule has 0 spiro atoms. The zero-order chi connectivity index (χ0) is 17.1. The van der Waals surface area contributed by atoms with Gasteiger partial charge < -0.3 is 19.4 Å². The van der Waals surface area contributed by atoms with Gasteiger partial charge in [0.15, 0.2) is 12.1 Å². The molecule has 24 heavy (non-hydrogen) atoms. The van der Waals surface area contributed by atoms with Crippen LogP contribution in [-0.4, -0.2) is 36.7 Å². The Morgan fingerprint density at radius 2 is 2.08 bits per heavy atom. The van der Waals surface area contributed by atoms with E-state index in [2.05, 4.69) is 22.1 Å². The molecule has 1 fully saturated rings. The average Bonchev–Trinajstić information content (AvgIpc) is 3.06. The molecule has 1 aliphatic heterocycles. The fourth-order valence-corrected chi connectivity index (χ4v) is 2.87. The van der Waals surface area contributed by atoms with Crippen molar-refractivity contribution in [2.45, 2.75) is 32.7 Å². The lowest BCUT2D eigenvalue weighted by atomic mass is 10.1. The minimum absolute atomic E-state index is 0.110. The van der Waals surface area contributed by atoms with Crippen LogP contribution in [0.3, 0.4) is 0 Å². The molecule has 3 rings (SSSR count). The quantitative estimate of drug-likeness (QED) is 0.932. The first-order valence-corrected chi connectivity index (χ1v) is 8.25. The van der Waals surface area contributed by atoms with Crippen molar-refractivity contribution in [2.24, 2.45) is 0 Å². The summed E-state index contributed by atoms with van der Waals surface area (Å²) in [5, 5.41) is 2.88. The van der Waals surface area contributed by atoms with Crippen molar-refractivity contribution in [1.29, 1.82) is 0 Å². The summed E-state index contributed by atoms with van der Waals surface area (Å²) in [6.07, 6.45) is 1.31. The van der Waals surface area contributed by atoms with Crippen LogP contribution in [-0.2, 0) is 4.74 Å². The first kappa shape index (κ1) is 16.5. The van der Waals surface area contributed by atoms with Gasteiger partial charge in [0, 0.05) is 29.9 Å². The minimum atomic E-state index is -0.250. The number of benzene rings is 1. The highest BCUT2D eigenvalue weighted by Gasteiger charge is 2.20. The third-order valence-corrected chi connectivity index (χ3v) is 4.16. The molecule has 0 unspecified atom stereocenters. The fourth-order valence-electron chi connectivity index (χ4n) is 2.87. The van der Waals surface area contributed by atoms with E-state index < -0.39 is 0 Å². The van der Waals surface area contributed by atoms with Gasteiger partial charge in [-0.15, -0.1) is 0 Å². The number of amides is 1. The van der Waals surface area contributed by atoms with E-state index in [0.717, 1.165) is 31.1 Å².